The molecule has 0 aromatic heterocycles. The van der Waals surface area contributed by atoms with Gasteiger partial charge in [-0.2, -0.15) is 0 Å². The Morgan fingerprint density at radius 3 is 2.60 bits per heavy atom. The van der Waals surface area contributed by atoms with Gasteiger partial charge in [0.2, 0.25) is 0 Å². The number of hydrogen-bond acceptors (Lipinski definition) is 2. The molecule has 1 fully saturated rings. The predicted molar refractivity (Wildman–Crippen MR) is 83.2 cm³/mol. The third-order valence-electron chi connectivity index (χ3n) is 4.84. The zero-order valence-electron chi connectivity index (χ0n) is 13.5. The molecule has 1 aliphatic rings. The van der Waals surface area contributed by atoms with Crippen molar-refractivity contribution in [1.29, 1.82) is 0 Å². The van der Waals surface area contributed by atoms with Crippen molar-refractivity contribution < 1.29 is 9.84 Å². The van der Waals surface area contributed by atoms with Gasteiger partial charge in [0.25, 0.3) is 0 Å². The molecule has 1 N–H and O–H groups in total. The first kappa shape index (κ1) is 15.4. The van der Waals surface area contributed by atoms with E-state index in [1.54, 1.807) is 7.11 Å². The molecule has 2 rings (SSSR count). The van der Waals surface area contributed by atoms with E-state index in [-0.39, 0.29) is 0 Å². The van der Waals surface area contributed by atoms with Crippen LogP contribution in [0.1, 0.15) is 56.2 Å². The Morgan fingerprint density at radius 2 is 2.00 bits per heavy atom. The SMILES string of the molecule is COc1cc(C)cc(C)c1C1(O)CCCC(C(C)C)C1. The summed E-state index contributed by atoms with van der Waals surface area (Å²) in [6.45, 7) is 8.67. The molecule has 0 amide bonds. The van der Waals surface area contributed by atoms with Crippen LogP contribution in [0.3, 0.4) is 0 Å². The fourth-order valence-electron chi connectivity index (χ4n) is 3.78. The smallest absolute Gasteiger partial charge is 0.125 e. The highest BCUT2D eigenvalue weighted by Crippen LogP contribution is 2.46. The summed E-state index contributed by atoms with van der Waals surface area (Å²) in [4.78, 5) is 0. The standard InChI is InChI=1S/C18H28O2/c1-12(2)15-7-6-8-18(19,11-15)17-14(4)9-13(3)10-16(17)20-5/h9-10,12,15,19H,6-8,11H2,1-5H3. The van der Waals surface area contributed by atoms with Gasteiger partial charge < -0.3 is 9.84 Å². The number of ether oxygens (including phenoxy) is 1. The van der Waals surface area contributed by atoms with Crippen molar-refractivity contribution >= 4 is 0 Å². The maximum absolute atomic E-state index is 11.3. The van der Waals surface area contributed by atoms with Crippen molar-refractivity contribution in [3.05, 3.63) is 28.8 Å². The first-order valence-electron chi connectivity index (χ1n) is 7.75. The van der Waals surface area contributed by atoms with Crippen LogP contribution in [0.15, 0.2) is 12.1 Å². The van der Waals surface area contributed by atoms with Crippen molar-refractivity contribution in [3.63, 3.8) is 0 Å². The maximum Gasteiger partial charge on any atom is 0.125 e. The number of rotatable bonds is 3. The quantitative estimate of drug-likeness (QED) is 0.889. The molecule has 2 nitrogen and oxygen atoms in total. The molecule has 20 heavy (non-hydrogen) atoms. The van der Waals surface area contributed by atoms with Crippen LogP contribution in [0.5, 0.6) is 5.75 Å². The van der Waals surface area contributed by atoms with Gasteiger partial charge in [-0.1, -0.05) is 19.9 Å². The Labute approximate surface area is 123 Å². The summed E-state index contributed by atoms with van der Waals surface area (Å²) in [6.07, 6.45) is 4.02. The molecule has 1 aliphatic carbocycles. The normalized spacial score (nSPS) is 26.9. The van der Waals surface area contributed by atoms with E-state index in [2.05, 4.69) is 33.8 Å². The number of aryl methyl sites for hydroxylation is 2. The molecular formula is C18H28O2. The molecule has 1 aromatic rings. The van der Waals surface area contributed by atoms with Crippen molar-refractivity contribution in [2.24, 2.45) is 11.8 Å². The van der Waals surface area contributed by atoms with E-state index >= 15 is 0 Å². The van der Waals surface area contributed by atoms with Crippen LogP contribution < -0.4 is 4.74 Å². The van der Waals surface area contributed by atoms with Crippen LogP contribution in [0, 0.1) is 25.7 Å². The molecule has 0 heterocycles. The van der Waals surface area contributed by atoms with E-state index < -0.39 is 5.60 Å². The Balaban J connectivity index is 2.43. The summed E-state index contributed by atoms with van der Waals surface area (Å²) in [5.41, 5.74) is 2.61. The van der Waals surface area contributed by atoms with Crippen LogP contribution in [0.25, 0.3) is 0 Å². The highest BCUT2D eigenvalue weighted by molar-refractivity contribution is 5.46. The van der Waals surface area contributed by atoms with Crippen LogP contribution >= 0.6 is 0 Å². The van der Waals surface area contributed by atoms with E-state index in [9.17, 15) is 5.11 Å². The number of methoxy groups -OCH3 is 1. The molecule has 0 saturated heterocycles. The molecule has 2 heteroatoms. The van der Waals surface area contributed by atoms with Gasteiger partial charge in [0, 0.05) is 5.56 Å². The third-order valence-corrected chi connectivity index (χ3v) is 4.84. The summed E-state index contributed by atoms with van der Waals surface area (Å²) < 4.78 is 5.56. The van der Waals surface area contributed by atoms with Crippen LogP contribution in [-0.2, 0) is 5.60 Å². The Kier molecular flexibility index (Phi) is 4.43. The molecule has 2 atom stereocenters. The van der Waals surface area contributed by atoms with Gasteiger partial charge in [0.05, 0.1) is 12.7 Å². The molecular weight excluding hydrogens is 248 g/mol. The first-order valence-corrected chi connectivity index (χ1v) is 7.75. The predicted octanol–water partition coefficient (Wildman–Crippen LogP) is 4.35. The number of benzene rings is 1. The lowest BCUT2D eigenvalue weighted by Gasteiger charge is -2.40. The van der Waals surface area contributed by atoms with Crippen LogP contribution in [-0.4, -0.2) is 12.2 Å². The average Bonchev–Trinajstić information content (AvgIpc) is 2.37. The Morgan fingerprint density at radius 1 is 1.30 bits per heavy atom. The lowest BCUT2D eigenvalue weighted by molar-refractivity contribution is -0.0315. The Hall–Kier alpha value is -1.02. The van der Waals surface area contributed by atoms with Crippen LogP contribution in [0.4, 0.5) is 0 Å². The summed E-state index contributed by atoms with van der Waals surface area (Å²) >= 11 is 0. The lowest BCUT2D eigenvalue weighted by Crippen LogP contribution is -2.35. The summed E-state index contributed by atoms with van der Waals surface area (Å²) in [5.74, 6) is 2.06. The van der Waals surface area contributed by atoms with Gasteiger partial charge in [0.1, 0.15) is 5.75 Å². The highest BCUT2D eigenvalue weighted by atomic mass is 16.5. The van der Waals surface area contributed by atoms with Gasteiger partial charge >= 0.3 is 0 Å². The van der Waals surface area contributed by atoms with Gasteiger partial charge in [0.15, 0.2) is 0 Å². The largest absolute Gasteiger partial charge is 0.496 e. The van der Waals surface area contributed by atoms with Gasteiger partial charge in [-0.3, -0.25) is 0 Å². The second-order valence-electron chi connectivity index (χ2n) is 6.79. The molecule has 1 saturated carbocycles. The van der Waals surface area contributed by atoms with E-state index in [1.165, 1.54) is 12.0 Å². The topological polar surface area (TPSA) is 29.5 Å². The van der Waals surface area contributed by atoms with Gasteiger partial charge in [-0.15, -0.1) is 0 Å². The minimum Gasteiger partial charge on any atom is -0.496 e. The first-order chi connectivity index (χ1) is 9.37. The van der Waals surface area contributed by atoms with Crippen molar-refractivity contribution in [1.82, 2.24) is 0 Å². The van der Waals surface area contributed by atoms with Gasteiger partial charge in [-0.05, 0) is 68.6 Å². The molecule has 0 aliphatic heterocycles. The minimum atomic E-state index is -0.726. The van der Waals surface area contributed by atoms with Crippen LogP contribution in [0.2, 0.25) is 0 Å². The van der Waals surface area contributed by atoms with Crippen molar-refractivity contribution in [2.45, 2.75) is 59.0 Å². The fourth-order valence-corrected chi connectivity index (χ4v) is 3.78. The van der Waals surface area contributed by atoms with E-state index in [0.29, 0.717) is 11.8 Å². The number of aliphatic hydroxyl groups is 1. The third kappa shape index (κ3) is 2.85. The second kappa shape index (κ2) is 5.77. The fraction of sp³-hybridized carbons (Fsp3) is 0.667. The molecule has 0 bridgehead atoms. The second-order valence-corrected chi connectivity index (χ2v) is 6.79. The molecule has 112 valence electrons. The van der Waals surface area contributed by atoms with E-state index in [1.807, 2.05) is 6.07 Å². The Bertz CT molecular complexity index is 479. The lowest BCUT2D eigenvalue weighted by atomic mass is 9.70. The van der Waals surface area contributed by atoms with Crippen molar-refractivity contribution in [3.8, 4) is 5.75 Å². The zero-order chi connectivity index (χ0) is 14.9. The highest BCUT2D eigenvalue weighted by Gasteiger charge is 2.39. The van der Waals surface area contributed by atoms with Gasteiger partial charge in [-0.25, -0.2) is 0 Å². The number of hydrogen-bond donors (Lipinski definition) is 1. The maximum atomic E-state index is 11.3. The molecule has 1 aromatic carbocycles. The molecule has 0 spiro atoms. The zero-order valence-corrected chi connectivity index (χ0v) is 13.5. The summed E-state index contributed by atoms with van der Waals surface area (Å²) in [5, 5.41) is 11.3. The van der Waals surface area contributed by atoms with Crippen molar-refractivity contribution in [2.75, 3.05) is 7.11 Å². The minimum absolute atomic E-state index is 0.596. The van der Waals surface area contributed by atoms with E-state index in [0.717, 1.165) is 36.1 Å². The molecule has 2 unspecified atom stereocenters. The molecule has 0 radical (unpaired) electrons. The summed E-state index contributed by atoms with van der Waals surface area (Å²) in [6, 6.07) is 4.19. The van der Waals surface area contributed by atoms with E-state index in [4.69, 9.17) is 4.74 Å². The average molecular weight is 276 g/mol. The summed E-state index contributed by atoms with van der Waals surface area (Å²) in [7, 11) is 1.70. The monoisotopic (exact) mass is 276 g/mol.